The van der Waals surface area contributed by atoms with Gasteiger partial charge in [0.05, 0.1) is 6.10 Å². The summed E-state index contributed by atoms with van der Waals surface area (Å²) in [6, 6.07) is 4.40. The van der Waals surface area contributed by atoms with Crippen LogP contribution in [0, 0.1) is 5.82 Å². The average molecular weight is 227 g/mol. The number of ether oxygens (including phenoxy) is 1. The van der Waals surface area contributed by atoms with Gasteiger partial charge in [0, 0.05) is 6.04 Å². The van der Waals surface area contributed by atoms with E-state index < -0.39 is 18.0 Å². The van der Waals surface area contributed by atoms with Crippen molar-refractivity contribution >= 4 is 0 Å². The lowest BCUT2D eigenvalue weighted by Gasteiger charge is -2.18. The van der Waals surface area contributed by atoms with Crippen LogP contribution < -0.4 is 10.5 Å². The lowest BCUT2D eigenvalue weighted by atomic mass is 10.1. The topological polar surface area (TPSA) is 55.5 Å². The Hall–Kier alpha value is -1.13. The van der Waals surface area contributed by atoms with Gasteiger partial charge in [-0.2, -0.15) is 0 Å². The van der Waals surface area contributed by atoms with E-state index in [0.29, 0.717) is 0 Å². The van der Waals surface area contributed by atoms with Crippen LogP contribution >= 0.6 is 0 Å². The Bertz CT molecular complexity index is 353. The SMILES string of the molecule is CC(N)c1ccc(OC(C)C(C)O)c(F)c1. The molecule has 3 atom stereocenters. The number of rotatable bonds is 4. The molecule has 1 aromatic rings. The van der Waals surface area contributed by atoms with Gasteiger partial charge in [0.2, 0.25) is 0 Å². The van der Waals surface area contributed by atoms with E-state index in [1.165, 1.54) is 12.1 Å². The van der Waals surface area contributed by atoms with E-state index in [0.717, 1.165) is 5.56 Å². The first-order chi connectivity index (χ1) is 7.41. The molecule has 0 saturated carbocycles. The zero-order chi connectivity index (χ0) is 12.3. The highest BCUT2D eigenvalue weighted by Gasteiger charge is 2.14. The van der Waals surface area contributed by atoms with E-state index >= 15 is 0 Å². The fraction of sp³-hybridized carbons (Fsp3) is 0.500. The molecule has 0 amide bonds. The van der Waals surface area contributed by atoms with Crippen LogP contribution in [-0.4, -0.2) is 17.3 Å². The van der Waals surface area contributed by atoms with Crippen LogP contribution in [-0.2, 0) is 0 Å². The molecule has 3 unspecified atom stereocenters. The largest absolute Gasteiger partial charge is 0.485 e. The van der Waals surface area contributed by atoms with Crippen molar-refractivity contribution in [1.29, 1.82) is 0 Å². The van der Waals surface area contributed by atoms with Crippen LogP contribution in [0.5, 0.6) is 5.75 Å². The molecule has 0 aliphatic heterocycles. The minimum atomic E-state index is -0.646. The summed E-state index contributed by atoms with van der Waals surface area (Å²) < 4.78 is 18.8. The van der Waals surface area contributed by atoms with Gasteiger partial charge in [-0.3, -0.25) is 0 Å². The molecule has 3 nitrogen and oxygen atoms in total. The normalized spacial score (nSPS) is 16.6. The second-order valence-electron chi connectivity index (χ2n) is 4.04. The van der Waals surface area contributed by atoms with Crippen LogP contribution in [0.2, 0.25) is 0 Å². The molecule has 90 valence electrons. The molecule has 0 saturated heterocycles. The number of halogens is 1. The minimum Gasteiger partial charge on any atom is -0.485 e. The number of hydrogen-bond donors (Lipinski definition) is 2. The molecule has 0 heterocycles. The van der Waals surface area contributed by atoms with E-state index in [-0.39, 0.29) is 11.8 Å². The first-order valence-electron chi connectivity index (χ1n) is 5.31. The summed E-state index contributed by atoms with van der Waals surface area (Å²) in [4.78, 5) is 0. The highest BCUT2D eigenvalue weighted by molar-refractivity contribution is 5.30. The summed E-state index contributed by atoms with van der Waals surface area (Å²) in [5.74, 6) is -0.319. The van der Waals surface area contributed by atoms with Gasteiger partial charge in [-0.15, -0.1) is 0 Å². The standard InChI is InChI=1S/C12H18FNO2/c1-7(14)10-4-5-12(11(13)6-10)16-9(3)8(2)15/h4-9,15H,14H2,1-3H3. The summed E-state index contributed by atoms with van der Waals surface area (Å²) in [6.45, 7) is 5.07. The summed E-state index contributed by atoms with van der Waals surface area (Å²) in [6.07, 6.45) is -1.09. The molecule has 4 heteroatoms. The number of nitrogens with two attached hydrogens (primary N) is 1. The maximum Gasteiger partial charge on any atom is 0.165 e. The van der Waals surface area contributed by atoms with Gasteiger partial charge in [0.25, 0.3) is 0 Å². The molecule has 0 fully saturated rings. The molecule has 3 N–H and O–H groups in total. The van der Waals surface area contributed by atoms with Crippen molar-refractivity contribution in [2.45, 2.75) is 39.0 Å². The Labute approximate surface area is 95.0 Å². The summed E-state index contributed by atoms with van der Waals surface area (Å²) in [5.41, 5.74) is 6.35. The van der Waals surface area contributed by atoms with Crippen molar-refractivity contribution in [3.05, 3.63) is 29.6 Å². The van der Waals surface area contributed by atoms with Crippen LogP contribution in [0.4, 0.5) is 4.39 Å². The lowest BCUT2D eigenvalue weighted by Crippen LogP contribution is -2.26. The molecule has 1 aromatic carbocycles. The molecule has 0 aliphatic carbocycles. The Morgan fingerprint density at radius 3 is 2.38 bits per heavy atom. The number of benzene rings is 1. The van der Waals surface area contributed by atoms with Crippen molar-refractivity contribution in [2.24, 2.45) is 5.73 Å². The third-order valence-corrected chi connectivity index (χ3v) is 2.47. The van der Waals surface area contributed by atoms with Crippen LogP contribution in [0.3, 0.4) is 0 Å². The van der Waals surface area contributed by atoms with Crippen LogP contribution in [0.15, 0.2) is 18.2 Å². The van der Waals surface area contributed by atoms with Gasteiger partial charge in [0.1, 0.15) is 6.10 Å². The van der Waals surface area contributed by atoms with Crippen molar-refractivity contribution in [1.82, 2.24) is 0 Å². The summed E-state index contributed by atoms with van der Waals surface area (Å²) >= 11 is 0. The van der Waals surface area contributed by atoms with Crippen LogP contribution in [0.1, 0.15) is 32.4 Å². The van der Waals surface area contributed by atoms with Crippen LogP contribution in [0.25, 0.3) is 0 Å². The monoisotopic (exact) mass is 227 g/mol. The molecular weight excluding hydrogens is 209 g/mol. The van der Waals surface area contributed by atoms with Gasteiger partial charge in [-0.1, -0.05) is 6.07 Å². The molecule has 0 spiro atoms. The van der Waals surface area contributed by atoms with Gasteiger partial charge in [-0.25, -0.2) is 4.39 Å². The molecule has 16 heavy (non-hydrogen) atoms. The number of aliphatic hydroxyl groups is 1. The minimum absolute atomic E-state index is 0.137. The second kappa shape index (κ2) is 5.27. The van der Waals surface area contributed by atoms with Gasteiger partial charge < -0.3 is 15.6 Å². The van der Waals surface area contributed by atoms with E-state index in [9.17, 15) is 9.50 Å². The Morgan fingerprint density at radius 2 is 1.94 bits per heavy atom. The average Bonchev–Trinajstić information content (AvgIpc) is 2.20. The first kappa shape index (κ1) is 12.9. The van der Waals surface area contributed by atoms with E-state index in [1.54, 1.807) is 26.8 Å². The predicted octanol–water partition coefficient (Wildman–Crippen LogP) is 1.99. The summed E-state index contributed by atoms with van der Waals surface area (Å²) in [5, 5.41) is 9.25. The lowest BCUT2D eigenvalue weighted by molar-refractivity contribution is 0.0579. The second-order valence-corrected chi connectivity index (χ2v) is 4.04. The van der Waals surface area contributed by atoms with Crippen molar-refractivity contribution < 1.29 is 14.2 Å². The van der Waals surface area contributed by atoms with Crippen molar-refractivity contribution in [3.8, 4) is 5.75 Å². The van der Waals surface area contributed by atoms with Crippen molar-refractivity contribution in [3.63, 3.8) is 0 Å². The first-order valence-corrected chi connectivity index (χ1v) is 5.31. The number of hydrogen-bond acceptors (Lipinski definition) is 3. The maximum atomic E-state index is 13.6. The molecule has 0 radical (unpaired) electrons. The number of aliphatic hydroxyl groups excluding tert-OH is 1. The van der Waals surface area contributed by atoms with Gasteiger partial charge >= 0.3 is 0 Å². The molecule has 0 aliphatic rings. The summed E-state index contributed by atoms with van der Waals surface area (Å²) in [7, 11) is 0. The quantitative estimate of drug-likeness (QED) is 0.827. The fourth-order valence-electron chi connectivity index (χ4n) is 1.19. The van der Waals surface area contributed by atoms with E-state index in [2.05, 4.69) is 0 Å². The highest BCUT2D eigenvalue weighted by Crippen LogP contribution is 2.22. The zero-order valence-electron chi connectivity index (χ0n) is 9.77. The smallest absolute Gasteiger partial charge is 0.165 e. The van der Waals surface area contributed by atoms with Gasteiger partial charge in [-0.05, 0) is 38.5 Å². The van der Waals surface area contributed by atoms with E-state index in [4.69, 9.17) is 10.5 Å². The Balaban J connectivity index is 2.83. The molecule has 1 rings (SSSR count). The molecule has 0 bridgehead atoms. The Morgan fingerprint density at radius 1 is 1.31 bits per heavy atom. The highest BCUT2D eigenvalue weighted by atomic mass is 19.1. The third kappa shape index (κ3) is 3.18. The zero-order valence-corrected chi connectivity index (χ0v) is 9.77. The van der Waals surface area contributed by atoms with Crippen molar-refractivity contribution in [2.75, 3.05) is 0 Å². The van der Waals surface area contributed by atoms with Gasteiger partial charge in [0.15, 0.2) is 11.6 Å². The predicted molar refractivity (Wildman–Crippen MR) is 60.8 cm³/mol. The molecule has 0 aromatic heterocycles. The third-order valence-electron chi connectivity index (χ3n) is 2.47. The fourth-order valence-corrected chi connectivity index (χ4v) is 1.19. The maximum absolute atomic E-state index is 13.6. The molecular formula is C12H18FNO2. The Kier molecular flexibility index (Phi) is 4.26. The van der Waals surface area contributed by atoms with E-state index in [1.807, 2.05) is 0 Å².